The minimum absolute atomic E-state index is 0.0375. The highest BCUT2D eigenvalue weighted by Gasteiger charge is 2.10. The molecule has 0 aromatic heterocycles. The quantitative estimate of drug-likeness (QED) is 0.843. The Bertz CT molecular complexity index is 419. The fraction of sp³-hybridized carbons (Fsp3) is 0.462. The number of halogens is 1. The van der Waals surface area contributed by atoms with Gasteiger partial charge < -0.3 is 15.2 Å². The molecule has 1 atom stereocenters. The molecule has 1 aromatic carbocycles. The van der Waals surface area contributed by atoms with E-state index in [4.69, 9.17) is 4.74 Å². The Kier molecular flexibility index (Phi) is 5.09. The summed E-state index contributed by atoms with van der Waals surface area (Å²) < 4.78 is 18.6. The van der Waals surface area contributed by atoms with E-state index >= 15 is 0 Å². The molecular formula is C13H18FNO3. The normalized spacial score (nSPS) is 12.3. The van der Waals surface area contributed by atoms with Crippen molar-refractivity contribution >= 4 is 5.91 Å². The second-order valence-corrected chi connectivity index (χ2v) is 4.37. The number of hydrogen-bond donors (Lipinski definition) is 2. The number of rotatable bonds is 5. The minimum atomic E-state index is -0.872. The minimum Gasteiger partial charge on any atom is -0.484 e. The molecule has 0 aliphatic rings. The van der Waals surface area contributed by atoms with Crippen molar-refractivity contribution in [1.29, 1.82) is 0 Å². The van der Waals surface area contributed by atoms with Crippen LogP contribution in [-0.2, 0) is 4.79 Å². The maximum atomic E-state index is 13.5. The highest BCUT2D eigenvalue weighted by molar-refractivity contribution is 5.77. The maximum Gasteiger partial charge on any atom is 0.258 e. The summed E-state index contributed by atoms with van der Waals surface area (Å²) in [5.74, 6) is -0.549. The van der Waals surface area contributed by atoms with E-state index in [2.05, 4.69) is 5.32 Å². The van der Waals surface area contributed by atoms with Crippen LogP contribution in [0.4, 0.5) is 4.39 Å². The lowest BCUT2D eigenvalue weighted by Gasteiger charge is -2.11. The number of aliphatic hydroxyl groups is 1. The van der Waals surface area contributed by atoms with Gasteiger partial charge in [0.05, 0.1) is 6.10 Å². The van der Waals surface area contributed by atoms with Crippen LogP contribution < -0.4 is 10.1 Å². The summed E-state index contributed by atoms with van der Waals surface area (Å²) in [5, 5.41) is 11.9. The molecule has 0 fully saturated rings. The molecule has 0 heterocycles. The first-order valence-electron chi connectivity index (χ1n) is 5.80. The Balaban J connectivity index is 2.59. The third-order valence-corrected chi connectivity index (χ3v) is 2.24. The number of hydrogen-bond acceptors (Lipinski definition) is 3. The van der Waals surface area contributed by atoms with Gasteiger partial charge in [0.15, 0.2) is 6.61 Å². The van der Waals surface area contributed by atoms with Gasteiger partial charge in [-0.3, -0.25) is 4.79 Å². The predicted molar refractivity (Wildman–Crippen MR) is 65.8 cm³/mol. The molecule has 0 saturated heterocycles. The van der Waals surface area contributed by atoms with Crippen LogP contribution in [0.2, 0.25) is 0 Å². The third-order valence-electron chi connectivity index (χ3n) is 2.24. The molecule has 5 heteroatoms. The zero-order valence-electron chi connectivity index (χ0n) is 10.7. The smallest absolute Gasteiger partial charge is 0.258 e. The SMILES string of the molecule is CC(C)NC(=O)COc1ccc([C@@H](C)O)c(F)c1. The van der Waals surface area contributed by atoms with Crippen LogP contribution in [0, 0.1) is 5.82 Å². The average Bonchev–Trinajstić information content (AvgIpc) is 2.25. The molecule has 2 N–H and O–H groups in total. The summed E-state index contributed by atoms with van der Waals surface area (Å²) in [6.07, 6.45) is -0.872. The van der Waals surface area contributed by atoms with Gasteiger partial charge in [0.2, 0.25) is 0 Å². The second-order valence-electron chi connectivity index (χ2n) is 4.37. The largest absolute Gasteiger partial charge is 0.484 e. The first-order valence-corrected chi connectivity index (χ1v) is 5.80. The van der Waals surface area contributed by atoms with Gasteiger partial charge in [-0.15, -0.1) is 0 Å². The molecule has 0 aliphatic heterocycles. The summed E-state index contributed by atoms with van der Waals surface area (Å²) in [6, 6.07) is 4.16. The van der Waals surface area contributed by atoms with Gasteiger partial charge >= 0.3 is 0 Å². The summed E-state index contributed by atoms with van der Waals surface area (Å²) >= 11 is 0. The van der Waals surface area contributed by atoms with Crippen molar-refractivity contribution in [2.45, 2.75) is 32.9 Å². The van der Waals surface area contributed by atoms with E-state index in [1.165, 1.54) is 19.1 Å². The Morgan fingerprint density at radius 3 is 2.61 bits per heavy atom. The number of ether oxygens (including phenoxy) is 1. The molecule has 1 rings (SSSR count). The van der Waals surface area contributed by atoms with E-state index in [0.29, 0.717) is 0 Å². The van der Waals surface area contributed by atoms with Crippen molar-refractivity contribution < 1.29 is 19.0 Å². The molecule has 1 amide bonds. The highest BCUT2D eigenvalue weighted by Crippen LogP contribution is 2.21. The van der Waals surface area contributed by atoms with Crippen LogP contribution in [0.15, 0.2) is 18.2 Å². The number of benzene rings is 1. The summed E-state index contributed by atoms with van der Waals surface area (Å²) in [4.78, 5) is 11.3. The first kappa shape index (κ1) is 14.4. The predicted octanol–water partition coefficient (Wildman–Crippen LogP) is 1.78. The van der Waals surface area contributed by atoms with E-state index in [0.717, 1.165) is 6.07 Å². The molecule has 18 heavy (non-hydrogen) atoms. The standard InChI is InChI=1S/C13H18FNO3/c1-8(2)15-13(17)7-18-10-4-5-11(9(3)16)12(14)6-10/h4-6,8-9,16H,7H2,1-3H3,(H,15,17)/t9-/m1/s1. The molecule has 0 unspecified atom stereocenters. The molecule has 100 valence electrons. The molecule has 0 saturated carbocycles. The van der Waals surface area contributed by atoms with Gasteiger partial charge in [-0.2, -0.15) is 0 Å². The number of carbonyl (C=O) groups excluding carboxylic acids is 1. The summed E-state index contributed by atoms with van der Waals surface area (Å²) in [6.45, 7) is 5.00. The Labute approximate surface area is 106 Å². The van der Waals surface area contributed by atoms with E-state index in [1.807, 2.05) is 13.8 Å². The fourth-order valence-electron chi connectivity index (χ4n) is 1.45. The monoisotopic (exact) mass is 255 g/mol. The highest BCUT2D eigenvalue weighted by atomic mass is 19.1. The third kappa shape index (κ3) is 4.33. The van der Waals surface area contributed by atoms with Gasteiger partial charge in [-0.05, 0) is 32.9 Å². The Morgan fingerprint density at radius 2 is 2.11 bits per heavy atom. The molecule has 0 radical (unpaired) electrons. The van der Waals surface area contributed by atoms with Crippen LogP contribution in [0.25, 0.3) is 0 Å². The van der Waals surface area contributed by atoms with E-state index in [-0.39, 0.29) is 29.9 Å². The number of amides is 1. The molecular weight excluding hydrogens is 237 g/mol. The molecule has 0 spiro atoms. The van der Waals surface area contributed by atoms with Gasteiger partial charge in [-0.25, -0.2) is 4.39 Å². The lowest BCUT2D eigenvalue weighted by Crippen LogP contribution is -2.34. The summed E-state index contributed by atoms with van der Waals surface area (Å²) in [5.41, 5.74) is 0.203. The van der Waals surface area contributed by atoms with E-state index < -0.39 is 11.9 Å². The number of aliphatic hydroxyl groups excluding tert-OH is 1. The molecule has 0 aliphatic carbocycles. The zero-order valence-corrected chi connectivity index (χ0v) is 10.7. The van der Waals surface area contributed by atoms with Crippen molar-refractivity contribution in [3.63, 3.8) is 0 Å². The maximum absolute atomic E-state index is 13.5. The van der Waals surface area contributed by atoms with E-state index in [1.54, 1.807) is 0 Å². The van der Waals surface area contributed by atoms with Crippen LogP contribution in [0.1, 0.15) is 32.4 Å². The van der Waals surface area contributed by atoms with Crippen molar-refractivity contribution in [2.24, 2.45) is 0 Å². The van der Waals surface area contributed by atoms with Crippen molar-refractivity contribution in [3.05, 3.63) is 29.6 Å². The molecule has 1 aromatic rings. The van der Waals surface area contributed by atoms with Gasteiger partial charge in [0.1, 0.15) is 11.6 Å². The van der Waals surface area contributed by atoms with Crippen LogP contribution in [0.5, 0.6) is 5.75 Å². The van der Waals surface area contributed by atoms with Crippen LogP contribution >= 0.6 is 0 Å². The van der Waals surface area contributed by atoms with Gasteiger partial charge in [0.25, 0.3) is 5.91 Å². The van der Waals surface area contributed by atoms with Crippen molar-refractivity contribution in [3.8, 4) is 5.75 Å². The van der Waals surface area contributed by atoms with Crippen LogP contribution in [-0.4, -0.2) is 23.7 Å². The topological polar surface area (TPSA) is 58.6 Å². The Morgan fingerprint density at radius 1 is 1.44 bits per heavy atom. The lowest BCUT2D eigenvalue weighted by molar-refractivity contribution is -0.123. The Hall–Kier alpha value is -1.62. The van der Waals surface area contributed by atoms with Gasteiger partial charge in [-0.1, -0.05) is 0 Å². The average molecular weight is 255 g/mol. The van der Waals surface area contributed by atoms with Crippen LogP contribution in [0.3, 0.4) is 0 Å². The zero-order chi connectivity index (χ0) is 13.7. The number of carbonyl (C=O) groups is 1. The number of nitrogens with one attached hydrogen (secondary N) is 1. The lowest BCUT2D eigenvalue weighted by atomic mass is 10.1. The first-order chi connectivity index (χ1) is 8.40. The van der Waals surface area contributed by atoms with E-state index in [9.17, 15) is 14.3 Å². The fourth-order valence-corrected chi connectivity index (χ4v) is 1.45. The van der Waals surface area contributed by atoms with Crippen molar-refractivity contribution in [2.75, 3.05) is 6.61 Å². The van der Waals surface area contributed by atoms with Gasteiger partial charge in [0, 0.05) is 17.7 Å². The second kappa shape index (κ2) is 6.35. The summed E-state index contributed by atoms with van der Waals surface area (Å²) in [7, 11) is 0. The molecule has 4 nitrogen and oxygen atoms in total. The molecule has 0 bridgehead atoms. The van der Waals surface area contributed by atoms with Crippen molar-refractivity contribution in [1.82, 2.24) is 5.32 Å².